The molecule has 0 amide bonds. The van der Waals surface area contributed by atoms with Crippen molar-refractivity contribution in [1.82, 2.24) is 13.9 Å². The monoisotopic (exact) mass is 535 g/mol. The minimum absolute atomic E-state index is 0.160. The molecule has 0 radical (unpaired) electrons. The Balaban J connectivity index is 1.48. The molecule has 36 heavy (non-hydrogen) atoms. The van der Waals surface area contributed by atoms with E-state index < -0.39 is 16.6 Å². The van der Waals surface area contributed by atoms with Crippen LogP contribution in [0, 0.1) is 5.92 Å². The van der Waals surface area contributed by atoms with Crippen LogP contribution in [0.1, 0.15) is 57.1 Å². The Labute approximate surface area is 215 Å². The molecule has 1 atom stereocenters. The molecule has 1 aliphatic heterocycles. The lowest BCUT2D eigenvalue weighted by Gasteiger charge is -2.30. The van der Waals surface area contributed by atoms with Crippen LogP contribution in [-0.2, 0) is 15.8 Å². The lowest BCUT2D eigenvalue weighted by atomic mass is 10.0. The quantitative estimate of drug-likeness (QED) is 0.310. The fourth-order valence-electron chi connectivity index (χ4n) is 5.32. The first-order valence-electron chi connectivity index (χ1n) is 12.5. The average Bonchev–Trinajstić information content (AvgIpc) is 3.50. The third-order valence-electron chi connectivity index (χ3n) is 7.12. The van der Waals surface area contributed by atoms with Gasteiger partial charge in [-0.2, -0.15) is 13.1 Å². The molecule has 2 aliphatic rings. The van der Waals surface area contributed by atoms with Crippen LogP contribution in [0.3, 0.4) is 0 Å². The first kappa shape index (κ1) is 25.5. The number of rotatable bonds is 8. The molecule has 1 aromatic heterocycles. The van der Waals surface area contributed by atoms with E-state index in [1.165, 1.54) is 11.8 Å². The highest BCUT2D eigenvalue weighted by molar-refractivity contribution is 7.98. The first-order valence-corrected chi connectivity index (χ1v) is 14.9. The van der Waals surface area contributed by atoms with Gasteiger partial charge in [-0.1, -0.05) is 49.7 Å². The first-order chi connectivity index (χ1) is 17.3. The fourth-order valence-corrected chi connectivity index (χ4v) is 8.02. The van der Waals surface area contributed by atoms with Crippen LogP contribution in [0.15, 0.2) is 52.5 Å². The molecular formula is C26H31F2N3O3S2. The van der Waals surface area contributed by atoms with Gasteiger partial charge < -0.3 is 9.30 Å². The molecular weight excluding hydrogens is 504 g/mol. The molecule has 0 bridgehead atoms. The number of para-hydroxylation sites is 1. The van der Waals surface area contributed by atoms with Crippen LogP contribution < -0.4 is 4.74 Å². The third-order valence-corrected chi connectivity index (χ3v) is 9.98. The molecule has 194 valence electrons. The van der Waals surface area contributed by atoms with Crippen molar-refractivity contribution in [2.45, 2.75) is 73.9 Å². The van der Waals surface area contributed by atoms with Crippen LogP contribution in [0.5, 0.6) is 5.75 Å². The SMILES string of the molecule is C[C@H]1CCCN(S(=O)(=O)c2ccc3c(c2)nc(SCc2ccccc2OC(F)F)n3C2CCCC2)C1. The summed E-state index contributed by atoms with van der Waals surface area (Å²) in [5, 5.41) is 0.768. The molecule has 2 fully saturated rings. The van der Waals surface area contributed by atoms with Crippen LogP contribution >= 0.6 is 11.8 Å². The predicted octanol–water partition coefficient (Wildman–Crippen LogP) is 6.47. The Bertz CT molecular complexity index is 1320. The maximum absolute atomic E-state index is 13.4. The fraction of sp³-hybridized carbons (Fsp3) is 0.500. The van der Waals surface area contributed by atoms with E-state index in [9.17, 15) is 17.2 Å². The van der Waals surface area contributed by atoms with Gasteiger partial charge in [-0.25, -0.2) is 13.4 Å². The summed E-state index contributed by atoms with van der Waals surface area (Å²) in [6, 6.07) is 12.3. The van der Waals surface area contributed by atoms with Gasteiger partial charge in [0.25, 0.3) is 0 Å². The van der Waals surface area contributed by atoms with Gasteiger partial charge in [0.2, 0.25) is 10.0 Å². The number of imidazole rings is 1. The molecule has 10 heteroatoms. The van der Waals surface area contributed by atoms with E-state index in [4.69, 9.17) is 9.72 Å². The number of nitrogens with zero attached hydrogens (tertiary/aromatic N) is 3. The molecule has 0 N–H and O–H groups in total. The Morgan fingerprint density at radius 2 is 1.89 bits per heavy atom. The van der Waals surface area contributed by atoms with Crippen molar-refractivity contribution in [3.8, 4) is 5.75 Å². The number of hydrogen-bond donors (Lipinski definition) is 0. The lowest BCUT2D eigenvalue weighted by molar-refractivity contribution is -0.0503. The Morgan fingerprint density at radius 3 is 2.64 bits per heavy atom. The smallest absolute Gasteiger partial charge is 0.387 e. The third kappa shape index (κ3) is 5.26. The minimum Gasteiger partial charge on any atom is -0.435 e. The summed E-state index contributed by atoms with van der Waals surface area (Å²) < 4.78 is 61.0. The van der Waals surface area contributed by atoms with Crippen molar-refractivity contribution < 1.29 is 21.9 Å². The number of piperidine rings is 1. The normalized spacial score (nSPS) is 19.9. The predicted molar refractivity (Wildman–Crippen MR) is 137 cm³/mol. The lowest BCUT2D eigenvalue weighted by Crippen LogP contribution is -2.39. The van der Waals surface area contributed by atoms with Gasteiger partial charge >= 0.3 is 6.61 Å². The van der Waals surface area contributed by atoms with Crippen LogP contribution in [-0.4, -0.2) is 42.0 Å². The van der Waals surface area contributed by atoms with Gasteiger partial charge in [-0.15, -0.1) is 0 Å². The van der Waals surface area contributed by atoms with Crippen molar-refractivity contribution in [3.63, 3.8) is 0 Å². The molecule has 1 aliphatic carbocycles. The number of aromatic nitrogens is 2. The number of thioether (sulfide) groups is 1. The van der Waals surface area contributed by atoms with E-state index in [1.54, 1.807) is 40.7 Å². The highest BCUT2D eigenvalue weighted by Crippen LogP contribution is 2.39. The van der Waals surface area contributed by atoms with Crippen molar-refractivity contribution in [2.75, 3.05) is 13.1 Å². The summed E-state index contributed by atoms with van der Waals surface area (Å²) in [6.45, 7) is 0.283. The minimum atomic E-state index is -3.59. The van der Waals surface area contributed by atoms with E-state index in [0.717, 1.165) is 49.2 Å². The summed E-state index contributed by atoms with van der Waals surface area (Å²) in [5.74, 6) is 0.918. The second kappa shape index (κ2) is 10.7. The maximum atomic E-state index is 13.4. The average molecular weight is 536 g/mol. The van der Waals surface area contributed by atoms with Crippen molar-refractivity contribution in [3.05, 3.63) is 48.0 Å². The number of sulfonamides is 1. The molecule has 1 saturated heterocycles. The number of halogens is 2. The second-order valence-electron chi connectivity index (χ2n) is 9.74. The highest BCUT2D eigenvalue weighted by atomic mass is 32.2. The topological polar surface area (TPSA) is 64.4 Å². The van der Waals surface area contributed by atoms with Crippen molar-refractivity contribution in [2.24, 2.45) is 5.92 Å². The summed E-state index contributed by atoms with van der Waals surface area (Å²) in [5.41, 5.74) is 2.22. The van der Waals surface area contributed by atoms with Gasteiger partial charge in [-0.3, -0.25) is 0 Å². The second-order valence-corrected chi connectivity index (χ2v) is 12.6. The van der Waals surface area contributed by atoms with Crippen LogP contribution in [0.4, 0.5) is 8.78 Å². The zero-order chi connectivity index (χ0) is 25.3. The Morgan fingerprint density at radius 1 is 1.11 bits per heavy atom. The standard InChI is InChI=1S/C26H31F2N3O3S2/c1-18-7-6-14-30(16-18)36(32,33)21-12-13-23-22(15-21)29-26(31(23)20-9-3-4-10-20)35-17-19-8-2-5-11-24(19)34-25(27)28/h2,5,8,11-13,15,18,20,25H,3-4,6-7,9-10,14,16-17H2,1H3/t18-/m0/s1. The highest BCUT2D eigenvalue weighted by Gasteiger charge is 2.30. The summed E-state index contributed by atoms with van der Waals surface area (Å²) in [6.07, 6.45) is 6.27. The van der Waals surface area contributed by atoms with Gasteiger partial charge in [0, 0.05) is 30.4 Å². The van der Waals surface area contributed by atoms with E-state index in [1.807, 2.05) is 6.07 Å². The van der Waals surface area contributed by atoms with Gasteiger partial charge in [0.1, 0.15) is 5.75 Å². The van der Waals surface area contributed by atoms with E-state index >= 15 is 0 Å². The number of hydrogen-bond acceptors (Lipinski definition) is 5. The molecule has 0 unspecified atom stereocenters. The van der Waals surface area contributed by atoms with Crippen molar-refractivity contribution in [1.29, 1.82) is 0 Å². The molecule has 2 heterocycles. The summed E-state index contributed by atoms with van der Waals surface area (Å²) in [4.78, 5) is 5.12. The maximum Gasteiger partial charge on any atom is 0.387 e. The number of benzene rings is 2. The Kier molecular flexibility index (Phi) is 7.55. The molecule has 0 spiro atoms. The van der Waals surface area contributed by atoms with Gasteiger partial charge in [0.05, 0.1) is 15.9 Å². The number of fused-ring (bicyclic) bond motifs is 1. The van der Waals surface area contributed by atoms with Crippen molar-refractivity contribution >= 4 is 32.8 Å². The van der Waals surface area contributed by atoms with E-state index in [0.29, 0.717) is 35.8 Å². The Hall–Kier alpha value is -2.17. The zero-order valence-electron chi connectivity index (χ0n) is 20.3. The molecule has 5 rings (SSSR count). The zero-order valence-corrected chi connectivity index (χ0v) is 21.9. The summed E-state index contributed by atoms with van der Waals surface area (Å²) in [7, 11) is -3.59. The molecule has 2 aromatic carbocycles. The van der Waals surface area contributed by atoms with Gasteiger partial charge in [0.15, 0.2) is 5.16 Å². The molecule has 3 aromatic rings. The number of alkyl halides is 2. The van der Waals surface area contributed by atoms with Crippen LogP contribution in [0.2, 0.25) is 0 Å². The summed E-state index contributed by atoms with van der Waals surface area (Å²) >= 11 is 1.46. The molecule has 1 saturated carbocycles. The van der Waals surface area contributed by atoms with E-state index in [-0.39, 0.29) is 16.7 Å². The van der Waals surface area contributed by atoms with E-state index in [2.05, 4.69) is 11.5 Å². The van der Waals surface area contributed by atoms with Crippen LogP contribution in [0.25, 0.3) is 11.0 Å². The largest absolute Gasteiger partial charge is 0.435 e. The number of ether oxygens (including phenoxy) is 1. The van der Waals surface area contributed by atoms with Gasteiger partial charge in [-0.05, 0) is 55.9 Å². The molecule has 6 nitrogen and oxygen atoms in total.